The third-order valence-electron chi connectivity index (χ3n) is 2.62. The van der Waals surface area contributed by atoms with Gasteiger partial charge in [-0.3, -0.25) is 4.72 Å². The predicted molar refractivity (Wildman–Crippen MR) is 75.6 cm³/mol. The number of sulfonamides is 1. The second-order valence-corrected chi connectivity index (χ2v) is 5.92. The molecule has 20 heavy (non-hydrogen) atoms. The number of ether oxygens (including phenoxy) is 1. The number of methoxy groups -OCH3 is 1. The molecule has 0 radical (unpaired) electrons. The van der Waals surface area contributed by atoms with Crippen LogP contribution in [0.4, 0.5) is 10.1 Å². The van der Waals surface area contributed by atoms with E-state index >= 15 is 0 Å². The van der Waals surface area contributed by atoms with Crippen molar-refractivity contribution in [3.8, 4) is 5.75 Å². The molecule has 0 amide bonds. The van der Waals surface area contributed by atoms with Crippen molar-refractivity contribution in [1.29, 1.82) is 0 Å². The Hall–Kier alpha value is -2.08. The van der Waals surface area contributed by atoms with Crippen LogP contribution in [0.25, 0.3) is 0 Å². The molecular weight excluding hydrogens is 281 g/mol. The Bertz CT molecular complexity index is 687. The molecule has 2 rings (SSSR count). The van der Waals surface area contributed by atoms with Gasteiger partial charge in [-0.2, -0.15) is 0 Å². The van der Waals surface area contributed by atoms with Gasteiger partial charge in [0.25, 0.3) is 0 Å². The van der Waals surface area contributed by atoms with Gasteiger partial charge in [0.1, 0.15) is 0 Å². The van der Waals surface area contributed by atoms with Crippen molar-refractivity contribution in [2.24, 2.45) is 0 Å². The molecule has 0 saturated carbocycles. The number of benzene rings is 2. The topological polar surface area (TPSA) is 55.4 Å². The van der Waals surface area contributed by atoms with Crippen molar-refractivity contribution >= 4 is 15.7 Å². The van der Waals surface area contributed by atoms with Crippen LogP contribution in [0.15, 0.2) is 48.5 Å². The van der Waals surface area contributed by atoms with Gasteiger partial charge in [-0.05, 0) is 17.7 Å². The summed E-state index contributed by atoms with van der Waals surface area (Å²) in [6, 6.07) is 12.7. The molecule has 0 aliphatic heterocycles. The zero-order valence-corrected chi connectivity index (χ0v) is 11.7. The van der Waals surface area contributed by atoms with Crippen LogP contribution >= 0.6 is 0 Å². The smallest absolute Gasteiger partial charge is 0.236 e. The molecule has 106 valence electrons. The highest BCUT2D eigenvalue weighted by Crippen LogP contribution is 2.21. The van der Waals surface area contributed by atoms with Crippen molar-refractivity contribution in [2.45, 2.75) is 5.75 Å². The van der Waals surface area contributed by atoms with Gasteiger partial charge >= 0.3 is 0 Å². The van der Waals surface area contributed by atoms with Crippen LogP contribution in [0.3, 0.4) is 0 Å². The molecule has 0 aromatic heterocycles. The van der Waals surface area contributed by atoms with E-state index in [1.807, 2.05) is 6.07 Å². The summed E-state index contributed by atoms with van der Waals surface area (Å²) >= 11 is 0. The van der Waals surface area contributed by atoms with Crippen LogP contribution in [0, 0.1) is 5.82 Å². The summed E-state index contributed by atoms with van der Waals surface area (Å²) < 4.78 is 44.5. The van der Waals surface area contributed by atoms with E-state index in [4.69, 9.17) is 4.74 Å². The van der Waals surface area contributed by atoms with Crippen molar-refractivity contribution < 1.29 is 17.5 Å². The summed E-state index contributed by atoms with van der Waals surface area (Å²) in [4.78, 5) is 0. The first-order chi connectivity index (χ1) is 9.50. The Balaban J connectivity index is 2.14. The third-order valence-corrected chi connectivity index (χ3v) is 3.88. The average Bonchev–Trinajstić information content (AvgIpc) is 2.39. The Labute approximate surface area is 117 Å². The molecule has 0 aliphatic rings. The van der Waals surface area contributed by atoms with E-state index in [0.29, 0.717) is 5.56 Å². The van der Waals surface area contributed by atoms with E-state index < -0.39 is 15.8 Å². The largest absolute Gasteiger partial charge is 0.494 e. The highest BCUT2D eigenvalue weighted by atomic mass is 32.2. The maximum atomic E-state index is 13.5. The maximum Gasteiger partial charge on any atom is 0.236 e. The van der Waals surface area contributed by atoms with Gasteiger partial charge in [0.05, 0.1) is 18.6 Å². The number of halogens is 1. The molecule has 2 aromatic carbocycles. The van der Waals surface area contributed by atoms with Gasteiger partial charge in [-0.25, -0.2) is 12.8 Å². The van der Waals surface area contributed by atoms with E-state index in [1.165, 1.54) is 19.2 Å². The second-order valence-electron chi connectivity index (χ2n) is 4.20. The molecule has 0 aliphatic carbocycles. The average molecular weight is 295 g/mol. The fourth-order valence-corrected chi connectivity index (χ4v) is 2.93. The number of hydrogen-bond donors (Lipinski definition) is 1. The molecule has 0 saturated heterocycles. The summed E-state index contributed by atoms with van der Waals surface area (Å²) in [5.41, 5.74) is 0.827. The lowest BCUT2D eigenvalue weighted by Gasteiger charge is -2.09. The lowest BCUT2D eigenvalue weighted by Crippen LogP contribution is -2.15. The second kappa shape index (κ2) is 5.92. The Morgan fingerprint density at radius 3 is 2.45 bits per heavy atom. The van der Waals surface area contributed by atoms with E-state index in [9.17, 15) is 12.8 Å². The summed E-state index contributed by atoms with van der Waals surface area (Å²) in [7, 11) is -2.24. The zero-order valence-electron chi connectivity index (χ0n) is 10.8. The van der Waals surface area contributed by atoms with Gasteiger partial charge in [-0.1, -0.05) is 30.3 Å². The lowest BCUT2D eigenvalue weighted by molar-refractivity contribution is 0.386. The zero-order chi connectivity index (χ0) is 14.6. The number of nitrogens with one attached hydrogen (secondary N) is 1. The first-order valence-electron chi connectivity index (χ1n) is 5.88. The molecule has 4 nitrogen and oxygen atoms in total. The van der Waals surface area contributed by atoms with Gasteiger partial charge in [0.2, 0.25) is 10.0 Å². The monoisotopic (exact) mass is 295 g/mol. The molecule has 2 aromatic rings. The Kier molecular flexibility index (Phi) is 4.24. The predicted octanol–water partition coefficient (Wildman–Crippen LogP) is 2.78. The summed E-state index contributed by atoms with van der Waals surface area (Å²) in [5.74, 6) is -0.718. The van der Waals surface area contributed by atoms with Gasteiger partial charge in [-0.15, -0.1) is 0 Å². The van der Waals surface area contributed by atoms with Crippen molar-refractivity contribution in [2.75, 3.05) is 11.8 Å². The first-order valence-corrected chi connectivity index (χ1v) is 7.53. The summed E-state index contributed by atoms with van der Waals surface area (Å²) in [6.45, 7) is 0. The molecule has 1 N–H and O–H groups in total. The standard InChI is InChI=1S/C14H14FNO3S/c1-19-14-8-7-12(9-13(14)15)16-20(17,18)10-11-5-3-2-4-6-11/h2-9,16H,10H2,1H3. The fourth-order valence-electron chi connectivity index (χ4n) is 1.74. The number of anilines is 1. The number of hydrogen-bond acceptors (Lipinski definition) is 3. The van der Waals surface area contributed by atoms with Crippen molar-refractivity contribution in [3.05, 3.63) is 59.9 Å². The minimum Gasteiger partial charge on any atom is -0.494 e. The maximum absolute atomic E-state index is 13.5. The van der Waals surface area contributed by atoms with Crippen LogP contribution in [0.1, 0.15) is 5.56 Å². The minimum absolute atomic E-state index is 0.0657. The van der Waals surface area contributed by atoms with Crippen LogP contribution in [-0.4, -0.2) is 15.5 Å². The number of rotatable bonds is 5. The van der Waals surface area contributed by atoms with Crippen molar-refractivity contribution in [3.63, 3.8) is 0 Å². The Morgan fingerprint density at radius 1 is 1.15 bits per heavy atom. The van der Waals surface area contributed by atoms with E-state index in [-0.39, 0.29) is 17.2 Å². The highest BCUT2D eigenvalue weighted by Gasteiger charge is 2.13. The minimum atomic E-state index is -3.58. The van der Waals surface area contributed by atoms with Gasteiger partial charge in [0.15, 0.2) is 11.6 Å². The molecule has 0 spiro atoms. The normalized spacial score (nSPS) is 11.1. The van der Waals surface area contributed by atoms with Crippen molar-refractivity contribution in [1.82, 2.24) is 0 Å². The van der Waals surface area contributed by atoms with Crippen LogP contribution < -0.4 is 9.46 Å². The molecule has 0 heterocycles. The van der Waals surface area contributed by atoms with Crippen LogP contribution in [-0.2, 0) is 15.8 Å². The highest BCUT2D eigenvalue weighted by molar-refractivity contribution is 7.91. The Morgan fingerprint density at radius 2 is 1.85 bits per heavy atom. The molecule has 0 atom stereocenters. The molecule has 6 heteroatoms. The third kappa shape index (κ3) is 3.71. The molecule has 0 unspecified atom stereocenters. The molecule has 0 bridgehead atoms. The van der Waals surface area contributed by atoms with E-state index in [2.05, 4.69) is 4.72 Å². The lowest BCUT2D eigenvalue weighted by atomic mass is 10.2. The quantitative estimate of drug-likeness (QED) is 0.923. The SMILES string of the molecule is COc1ccc(NS(=O)(=O)Cc2ccccc2)cc1F. The fraction of sp³-hybridized carbons (Fsp3) is 0.143. The van der Waals surface area contributed by atoms with Gasteiger partial charge < -0.3 is 4.74 Å². The summed E-state index contributed by atoms with van der Waals surface area (Å²) in [5, 5.41) is 0. The summed E-state index contributed by atoms with van der Waals surface area (Å²) in [6.07, 6.45) is 0. The van der Waals surface area contributed by atoms with Crippen LogP contribution in [0.2, 0.25) is 0 Å². The van der Waals surface area contributed by atoms with Crippen LogP contribution in [0.5, 0.6) is 5.75 Å². The first kappa shape index (κ1) is 14.3. The van der Waals surface area contributed by atoms with Gasteiger partial charge in [0, 0.05) is 6.07 Å². The van der Waals surface area contributed by atoms with E-state index in [1.54, 1.807) is 24.3 Å². The molecular formula is C14H14FNO3S. The molecule has 0 fully saturated rings. The van der Waals surface area contributed by atoms with E-state index in [0.717, 1.165) is 6.07 Å².